The monoisotopic (exact) mass is 297 g/mol. The zero-order valence-electron chi connectivity index (χ0n) is 10.9. The van der Waals surface area contributed by atoms with Crippen LogP contribution in [0.2, 0.25) is 5.02 Å². The number of amides is 1. The predicted molar refractivity (Wildman–Crippen MR) is 74.0 cm³/mol. The Morgan fingerprint density at radius 1 is 1.50 bits per heavy atom. The molecule has 0 fully saturated rings. The Morgan fingerprint density at radius 2 is 2.30 bits per heavy atom. The van der Waals surface area contributed by atoms with Gasteiger partial charge < -0.3 is 15.1 Å². The summed E-state index contributed by atoms with van der Waals surface area (Å²) in [5.41, 5.74) is 0.473. The van der Waals surface area contributed by atoms with Gasteiger partial charge in [-0.15, -0.1) is 0 Å². The minimum absolute atomic E-state index is 0.0178. The number of halogens is 2. The highest BCUT2D eigenvalue weighted by Gasteiger charge is 2.14. The van der Waals surface area contributed by atoms with E-state index in [-0.39, 0.29) is 23.5 Å². The first-order chi connectivity index (χ1) is 9.56. The molecule has 3 N–H and O–H groups in total. The van der Waals surface area contributed by atoms with Gasteiger partial charge in [-0.2, -0.15) is 0 Å². The van der Waals surface area contributed by atoms with Crippen molar-refractivity contribution in [2.24, 2.45) is 0 Å². The van der Waals surface area contributed by atoms with E-state index in [0.29, 0.717) is 5.69 Å². The van der Waals surface area contributed by atoms with Crippen LogP contribution in [0.25, 0.3) is 0 Å². The lowest BCUT2D eigenvalue weighted by molar-refractivity contribution is -0.684. The zero-order valence-corrected chi connectivity index (χ0v) is 11.7. The second-order valence-electron chi connectivity index (χ2n) is 4.42. The predicted octanol–water partition coefficient (Wildman–Crippen LogP) is 2.34. The zero-order chi connectivity index (χ0) is 14.5. The van der Waals surface area contributed by atoms with E-state index in [4.69, 9.17) is 16.0 Å². The SMILES string of the molecule is C[C@H]([NH2+]CC(=O)Nc1ccc(F)c(Cl)c1)c1ccco1. The number of rotatable bonds is 5. The third-order valence-corrected chi connectivity index (χ3v) is 3.14. The van der Waals surface area contributed by atoms with Crippen molar-refractivity contribution in [2.45, 2.75) is 13.0 Å². The van der Waals surface area contributed by atoms with Gasteiger partial charge >= 0.3 is 0 Å². The van der Waals surface area contributed by atoms with Crippen LogP contribution in [0.5, 0.6) is 0 Å². The number of carbonyl (C=O) groups excluding carboxylic acids is 1. The molecule has 0 aliphatic rings. The molecule has 106 valence electrons. The summed E-state index contributed by atoms with van der Waals surface area (Å²) in [6.07, 6.45) is 1.60. The van der Waals surface area contributed by atoms with Gasteiger partial charge in [0.25, 0.3) is 5.91 Å². The molecule has 0 aliphatic heterocycles. The molecule has 0 spiro atoms. The van der Waals surface area contributed by atoms with Gasteiger partial charge in [-0.1, -0.05) is 11.6 Å². The molecule has 1 atom stereocenters. The van der Waals surface area contributed by atoms with E-state index < -0.39 is 5.82 Å². The molecule has 1 aromatic carbocycles. The number of anilines is 1. The fraction of sp³-hybridized carbons (Fsp3) is 0.214. The Bertz CT molecular complexity index is 587. The van der Waals surface area contributed by atoms with E-state index in [2.05, 4.69) is 5.32 Å². The fourth-order valence-electron chi connectivity index (χ4n) is 1.74. The number of benzene rings is 1. The molecule has 6 heteroatoms. The van der Waals surface area contributed by atoms with Crippen molar-refractivity contribution in [2.75, 3.05) is 11.9 Å². The highest BCUT2D eigenvalue weighted by atomic mass is 35.5. The molecule has 1 aromatic heterocycles. The first-order valence-corrected chi connectivity index (χ1v) is 6.55. The molecular weight excluding hydrogens is 283 g/mol. The molecule has 0 saturated heterocycles. The van der Waals surface area contributed by atoms with E-state index in [9.17, 15) is 9.18 Å². The normalized spacial score (nSPS) is 12.2. The van der Waals surface area contributed by atoms with E-state index in [1.807, 2.05) is 18.3 Å². The first-order valence-electron chi connectivity index (χ1n) is 6.18. The summed E-state index contributed by atoms with van der Waals surface area (Å²) in [5, 5.41) is 4.49. The van der Waals surface area contributed by atoms with Gasteiger partial charge in [0.2, 0.25) is 0 Å². The lowest BCUT2D eigenvalue weighted by atomic mass is 10.2. The Balaban J connectivity index is 1.85. The number of hydrogen-bond acceptors (Lipinski definition) is 2. The second kappa shape index (κ2) is 6.54. The van der Waals surface area contributed by atoms with Crippen LogP contribution in [0, 0.1) is 5.82 Å². The Morgan fingerprint density at radius 3 is 2.95 bits per heavy atom. The van der Waals surface area contributed by atoms with Crippen LogP contribution in [0.4, 0.5) is 10.1 Å². The third-order valence-electron chi connectivity index (χ3n) is 2.85. The van der Waals surface area contributed by atoms with Crippen molar-refractivity contribution in [1.82, 2.24) is 0 Å². The van der Waals surface area contributed by atoms with Crippen molar-refractivity contribution < 1.29 is 18.9 Å². The maximum atomic E-state index is 13.0. The number of furan rings is 1. The van der Waals surface area contributed by atoms with Crippen LogP contribution >= 0.6 is 11.6 Å². The number of nitrogens with two attached hydrogens (primary N) is 1. The van der Waals surface area contributed by atoms with Crippen molar-refractivity contribution in [3.8, 4) is 0 Å². The largest absolute Gasteiger partial charge is 0.463 e. The maximum Gasteiger partial charge on any atom is 0.279 e. The van der Waals surface area contributed by atoms with Gasteiger partial charge in [-0.3, -0.25) is 4.79 Å². The quantitative estimate of drug-likeness (QED) is 0.890. The smallest absolute Gasteiger partial charge is 0.279 e. The van der Waals surface area contributed by atoms with E-state index >= 15 is 0 Å². The van der Waals surface area contributed by atoms with Gasteiger partial charge in [0.15, 0.2) is 12.3 Å². The summed E-state index contributed by atoms with van der Waals surface area (Å²) < 4.78 is 18.2. The molecule has 1 heterocycles. The van der Waals surface area contributed by atoms with Crippen LogP contribution in [0.3, 0.4) is 0 Å². The van der Waals surface area contributed by atoms with Gasteiger partial charge in [-0.05, 0) is 37.3 Å². The number of hydrogen-bond donors (Lipinski definition) is 2. The Hall–Kier alpha value is -1.85. The molecule has 0 saturated carbocycles. The highest BCUT2D eigenvalue weighted by molar-refractivity contribution is 6.31. The molecule has 0 aliphatic carbocycles. The van der Waals surface area contributed by atoms with Gasteiger partial charge in [0.05, 0.1) is 11.3 Å². The van der Waals surface area contributed by atoms with Crippen molar-refractivity contribution >= 4 is 23.2 Å². The maximum absolute atomic E-state index is 13.0. The van der Waals surface area contributed by atoms with Gasteiger partial charge in [0, 0.05) is 5.69 Å². The van der Waals surface area contributed by atoms with E-state index in [1.165, 1.54) is 18.2 Å². The minimum atomic E-state index is -0.511. The topological polar surface area (TPSA) is 58.9 Å². The van der Waals surface area contributed by atoms with Crippen molar-refractivity contribution in [3.05, 3.63) is 53.2 Å². The molecule has 2 rings (SSSR count). The summed E-state index contributed by atoms with van der Waals surface area (Å²) in [5.74, 6) is 0.108. The van der Waals surface area contributed by atoms with Crippen LogP contribution < -0.4 is 10.6 Å². The van der Waals surface area contributed by atoms with E-state index in [0.717, 1.165) is 5.76 Å². The summed E-state index contributed by atoms with van der Waals surface area (Å²) in [6.45, 7) is 2.18. The molecule has 0 radical (unpaired) electrons. The molecule has 20 heavy (non-hydrogen) atoms. The van der Waals surface area contributed by atoms with Crippen molar-refractivity contribution in [3.63, 3.8) is 0 Å². The van der Waals surface area contributed by atoms with Crippen LogP contribution in [0.1, 0.15) is 18.7 Å². The highest BCUT2D eigenvalue weighted by Crippen LogP contribution is 2.19. The lowest BCUT2D eigenvalue weighted by Gasteiger charge is -2.09. The average Bonchev–Trinajstić information content (AvgIpc) is 2.94. The summed E-state index contributed by atoms with van der Waals surface area (Å²) in [4.78, 5) is 11.8. The number of quaternary nitrogens is 1. The Kier molecular flexibility index (Phi) is 4.76. The van der Waals surface area contributed by atoms with Crippen LogP contribution in [-0.4, -0.2) is 12.5 Å². The van der Waals surface area contributed by atoms with Gasteiger partial charge in [0.1, 0.15) is 11.9 Å². The van der Waals surface area contributed by atoms with E-state index in [1.54, 1.807) is 12.3 Å². The molecule has 1 amide bonds. The number of carbonyl (C=O) groups is 1. The van der Waals surface area contributed by atoms with Crippen molar-refractivity contribution in [1.29, 1.82) is 0 Å². The lowest BCUT2D eigenvalue weighted by Crippen LogP contribution is -2.86. The first kappa shape index (κ1) is 14.6. The molecular formula is C14H15ClFN2O2+. The molecule has 2 aromatic rings. The second-order valence-corrected chi connectivity index (χ2v) is 4.83. The molecule has 4 nitrogen and oxygen atoms in total. The molecule has 0 bridgehead atoms. The molecule has 0 unspecified atom stereocenters. The fourth-order valence-corrected chi connectivity index (χ4v) is 1.92. The van der Waals surface area contributed by atoms with Gasteiger partial charge in [-0.25, -0.2) is 4.39 Å². The van der Waals surface area contributed by atoms with Crippen LogP contribution in [-0.2, 0) is 4.79 Å². The van der Waals surface area contributed by atoms with Crippen LogP contribution in [0.15, 0.2) is 41.0 Å². The third kappa shape index (κ3) is 3.82. The average molecular weight is 298 g/mol. The number of nitrogens with one attached hydrogen (secondary N) is 1. The minimum Gasteiger partial charge on any atom is -0.463 e. The summed E-state index contributed by atoms with van der Waals surface area (Å²) in [6, 6.07) is 7.78. The Labute approximate surface area is 120 Å². The summed E-state index contributed by atoms with van der Waals surface area (Å²) >= 11 is 5.65. The standard InChI is InChI=1S/C14H14ClFN2O2/c1-9(13-3-2-6-20-13)17-8-14(19)18-10-4-5-12(16)11(15)7-10/h2-7,9,17H,8H2,1H3,(H,18,19)/p+1/t9-/m0/s1. The summed E-state index contributed by atoms with van der Waals surface area (Å²) in [7, 11) is 0.